The molecular formula is C13H15NO2S. The van der Waals surface area contributed by atoms with Crippen LogP contribution in [-0.4, -0.2) is 25.3 Å². The summed E-state index contributed by atoms with van der Waals surface area (Å²) >= 11 is 1.71. The fourth-order valence-electron chi connectivity index (χ4n) is 2.44. The van der Waals surface area contributed by atoms with Crippen LogP contribution in [0.1, 0.15) is 24.3 Å². The average molecular weight is 249 g/mol. The number of hydrogen-bond donors (Lipinski definition) is 0. The van der Waals surface area contributed by atoms with E-state index in [-0.39, 0.29) is 0 Å². The second-order valence-corrected chi connectivity index (χ2v) is 5.13. The van der Waals surface area contributed by atoms with Crippen LogP contribution in [0.4, 0.5) is 0 Å². The van der Waals surface area contributed by atoms with E-state index in [1.807, 2.05) is 11.6 Å². The zero-order valence-electron chi connectivity index (χ0n) is 9.81. The first-order valence-corrected chi connectivity index (χ1v) is 6.76. The van der Waals surface area contributed by atoms with E-state index in [9.17, 15) is 0 Å². The van der Waals surface area contributed by atoms with Crippen LogP contribution in [0.5, 0.6) is 5.75 Å². The van der Waals surface area contributed by atoms with Crippen molar-refractivity contribution >= 4 is 21.6 Å². The number of thiazole rings is 1. The van der Waals surface area contributed by atoms with Gasteiger partial charge in [-0.15, -0.1) is 11.3 Å². The van der Waals surface area contributed by atoms with E-state index in [2.05, 4.69) is 11.1 Å². The van der Waals surface area contributed by atoms with E-state index >= 15 is 0 Å². The lowest BCUT2D eigenvalue weighted by Crippen LogP contribution is -2.14. The van der Waals surface area contributed by atoms with Crippen LogP contribution >= 0.6 is 11.3 Å². The number of rotatable bonds is 2. The molecule has 2 heterocycles. The lowest BCUT2D eigenvalue weighted by Gasteiger charge is -2.23. The highest BCUT2D eigenvalue weighted by atomic mass is 32.1. The molecule has 1 aliphatic heterocycles. The van der Waals surface area contributed by atoms with Gasteiger partial charge in [0, 0.05) is 13.2 Å². The van der Waals surface area contributed by atoms with E-state index in [1.165, 1.54) is 10.3 Å². The first-order valence-electron chi connectivity index (χ1n) is 5.88. The maximum Gasteiger partial charge on any atom is 0.145 e. The predicted octanol–water partition coefficient (Wildman–Crippen LogP) is 3.20. The summed E-state index contributed by atoms with van der Waals surface area (Å²) in [5.41, 5.74) is 4.31. The molecule has 0 unspecified atom stereocenters. The summed E-state index contributed by atoms with van der Waals surface area (Å²) in [6, 6.07) is 4.22. The van der Waals surface area contributed by atoms with Gasteiger partial charge < -0.3 is 9.47 Å². The Hall–Kier alpha value is -1.13. The van der Waals surface area contributed by atoms with Gasteiger partial charge in [-0.25, -0.2) is 4.98 Å². The number of hydrogen-bond acceptors (Lipinski definition) is 4. The van der Waals surface area contributed by atoms with Crippen LogP contribution in [0.2, 0.25) is 0 Å². The molecule has 2 aromatic rings. The first kappa shape index (κ1) is 11.0. The summed E-state index contributed by atoms with van der Waals surface area (Å²) in [6.45, 7) is 1.74. The third kappa shape index (κ3) is 1.91. The van der Waals surface area contributed by atoms with Gasteiger partial charge in [0.15, 0.2) is 0 Å². The fraction of sp³-hybridized carbons (Fsp3) is 0.462. The third-order valence-corrected chi connectivity index (χ3v) is 4.23. The number of nitrogens with zero attached hydrogens (tertiary/aromatic N) is 1. The van der Waals surface area contributed by atoms with Crippen molar-refractivity contribution in [2.75, 3.05) is 20.3 Å². The lowest BCUT2D eigenvalue weighted by atomic mass is 9.91. The molecule has 0 spiro atoms. The molecule has 0 N–H and O–H groups in total. The molecule has 1 aromatic heterocycles. The standard InChI is InChI=1S/C13H15NO2S/c1-15-11-3-2-10(9-4-6-16-7-5-9)13-12(11)14-8-17-13/h2-3,8-9H,4-7H2,1H3. The van der Waals surface area contributed by atoms with Gasteiger partial charge >= 0.3 is 0 Å². The second-order valence-electron chi connectivity index (χ2n) is 4.27. The van der Waals surface area contributed by atoms with Crippen LogP contribution in [0, 0.1) is 0 Å². The van der Waals surface area contributed by atoms with Crippen molar-refractivity contribution in [1.29, 1.82) is 0 Å². The van der Waals surface area contributed by atoms with E-state index in [1.54, 1.807) is 18.4 Å². The van der Waals surface area contributed by atoms with Gasteiger partial charge in [0.1, 0.15) is 11.3 Å². The maximum absolute atomic E-state index is 5.42. The number of benzene rings is 1. The highest BCUT2D eigenvalue weighted by Crippen LogP contribution is 2.37. The fourth-order valence-corrected chi connectivity index (χ4v) is 3.34. The number of ether oxygens (including phenoxy) is 2. The summed E-state index contributed by atoms with van der Waals surface area (Å²) in [7, 11) is 1.70. The molecule has 4 heteroatoms. The van der Waals surface area contributed by atoms with E-state index < -0.39 is 0 Å². The smallest absolute Gasteiger partial charge is 0.145 e. The summed E-state index contributed by atoms with van der Waals surface area (Å²) in [4.78, 5) is 4.41. The Bertz CT molecular complexity index is 517. The quantitative estimate of drug-likeness (QED) is 0.819. The van der Waals surface area contributed by atoms with Gasteiger partial charge in [-0.2, -0.15) is 0 Å². The molecule has 1 aromatic carbocycles. The van der Waals surface area contributed by atoms with Gasteiger partial charge in [0.25, 0.3) is 0 Å². The van der Waals surface area contributed by atoms with Crippen LogP contribution in [-0.2, 0) is 4.74 Å². The van der Waals surface area contributed by atoms with Gasteiger partial charge in [0.2, 0.25) is 0 Å². The monoisotopic (exact) mass is 249 g/mol. The third-order valence-electron chi connectivity index (χ3n) is 3.36. The Labute approximate surface area is 104 Å². The van der Waals surface area contributed by atoms with Gasteiger partial charge in [-0.05, 0) is 30.4 Å². The van der Waals surface area contributed by atoms with Crippen LogP contribution in [0.3, 0.4) is 0 Å². The number of aromatic nitrogens is 1. The molecular weight excluding hydrogens is 234 g/mol. The molecule has 1 aliphatic rings. The Morgan fingerprint density at radius 1 is 1.35 bits per heavy atom. The average Bonchev–Trinajstić information content (AvgIpc) is 2.88. The molecule has 90 valence electrons. The highest BCUT2D eigenvalue weighted by molar-refractivity contribution is 7.17. The second kappa shape index (κ2) is 4.63. The molecule has 0 amide bonds. The number of methoxy groups -OCH3 is 1. The van der Waals surface area contributed by atoms with Crippen molar-refractivity contribution in [3.8, 4) is 5.75 Å². The maximum atomic E-state index is 5.42. The summed E-state index contributed by atoms with van der Waals surface area (Å²) in [5, 5.41) is 0. The predicted molar refractivity (Wildman–Crippen MR) is 69.0 cm³/mol. The minimum atomic E-state index is 0.609. The Kier molecular flexibility index (Phi) is 2.99. The van der Waals surface area contributed by atoms with Gasteiger partial charge in [0.05, 0.1) is 17.3 Å². The van der Waals surface area contributed by atoms with Crippen LogP contribution < -0.4 is 4.74 Å². The van der Waals surface area contributed by atoms with Crippen LogP contribution in [0.15, 0.2) is 17.6 Å². The number of fused-ring (bicyclic) bond motifs is 1. The van der Waals surface area contributed by atoms with E-state index in [4.69, 9.17) is 9.47 Å². The van der Waals surface area contributed by atoms with Crippen molar-refractivity contribution < 1.29 is 9.47 Å². The molecule has 0 bridgehead atoms. The Morgan fingerprint density at radius 3 is 2.94 bits per heavy atom. The zero-order valence-corrected chi connectivity index (χ0v) is 10.6. The molecule has 3 nitrogen and oxygen atoms in total. The van der Waals surface area contributed by atoms with Crippen molar-refractivity contribution in [2.45, 2.75) is 18.8 Å². The molecule has 17 heavy (non-hydrogen) atoms. The molecule has 1 saturated heterocycles. The zero-order chi connectivity index (χ0) is 11.7. The Balaban J connectivity index is 2.07. The largest absolute Gasteiger partial charge is 0.494 e. The molecule has 0 radical (unpaired) electrons. The molecule has 0 saturated carbocycles. The first-order chi connectivity index (χ1) is 8.40. The Morgan fingerprint density at radius 2 is 2.18 bits per heavy atom. The van der Waals surface area contributed by atoms with Gasteiger partial charge in [-0.3, -0.25) is 0 Å². The minimum Gasteiger partial charge on any atom is -0.494 e. The van der Waals surface area contributed by atoms with Crippen molar-refractivity contribution in [3.63, 3.8) is 0 Å². The van der Waals surface area contributed by atoms with E-state index in [0.717, 1.165) is 37.3 Å². The van der Waals surface area contributed by atoms with Crippen molar-refractivity contribution in [2.24, 2.45) is 0 Å². The van der Waals surface area contributed by atoms with Crippen molar-refractivity contribution in [3.05, 3.63) is 23.2 Å². The van der Waals surface area contributed by atoms with E-state index in [0.29, 0.717) is 5.92 Å². The highest BCUT2D eigenvalue weighted by Gasteiger charge is 2.20. The summed E-state index contributed by atoms with van der Waals surface area (Å²) in [6.07, 6.45) is 2.22. The molecule has 0 atom stereocenters. The molecule has 0 aliphatic carbocycles. The normalized spacial score (nSPS) is 17.5. The van der Waals surface area contributed by atoms with Crippen LogP contribution in [0.25, 0.3) is 10.2 Å². The summed E-state index contributed by atoms with van der Waals surface area (Å²) < 4.78 is 12.0. The topological polar surface area (TPSA) is 31.4 Å². The lowest BCUT2D eigenvalue weighted by molar-refractivity contribution is 0.0856. The SMILES string of the molecule is COc1ccc(C2CCOCC2)c2scnc12. The van der Waals surface area contributed by atoms with Gasteiger partial charge in [-0.1, -0.05) is 6.07 Å². The molecule has 1 fully saturated rings. The summed E-state index contributed by atoms with van der Waals surface area (Å²) in [5.74, 6) is 1.48. The minimum absolute atomic E-state index is 0.609. The molecule has 3 rings (SSSR count). The van der Waals surface area contributed by atoms with Crippen molar-refractivity contribution in [1.82, 2.24) is 4.98 Å².